The summed E-state index contributed by atoms with van der Waals surface area (Å²) in [5.74, 6) is 3.68. The van der Waals surface area contributed by atoms with Crippen LogP contribution in [0.15, 0.2) is 0 Å². The van der Waals surface area contributed by atoms with Gasteiger partial charge in [0.2, 0.25) is 5.91 Å². The van der Waals surface area contributed by atoms with E-state index in [0.717, 1.165) is 37.0 Å². The Hall–Kier alpha value is -0.660. The van der Waals surface area contributed by atoms with Crippen molar-refractivity contribution in [2.45, 2.75) is 97.5 Å². The second-order valence-electron chi connectivity index (χ2n) is 12.5. The summed E-state index contributed by atoms with van der Waals surface area (Å²) < 4.78 is 30.5. The second kappa shape index (κ2) is 9.42. The van der Waals surface area contributed by atoms with E-state index in [1.165, 1.54) is 44.9 Å². The highest BCUT2D eigenvalue weighted by Crippen LogP contribution is 2.68. The third kappa shape index (κ3) is 5.02. The molecule has 7 heteroatoms. The number of hydrogen-bond acceptors (Lipinski definition) is 4. The van der Waals surface area contributed by atoms with Gasteiger partial charge < -0.3 is 10.4 Å². The highest BCUT2D eigenvalue weighted by Gasteiger charge is 2.60. The van der Waals surface area contributed by atoms with Crippen LogP contribution in [0.3, 0.4) is 0 Å². The number of hydrogen-bond donors (Lipinski definition) is 3. The van der Waals surface area contributed by atoms with E-state index in [1.54, 1.807) is 0 Å². The van der Waals surface area contributed by atoms with Crippen molar-refractivity contribution in [2.75, 3.05) is 12.3 Å². The fourth-order valence-corrected chi connectivity index (χ4v) is 9.54. The topological polar surface area (TPSA) is 104 Å². The molecule has 4 rings (SSSR count). The van der Waals surface area contributed by atoms with E-state index in [2.05, 4.69) is 26.1 Å². The molecule has 4 aliphatic carbocycles. The second-order valence-corrected chi connectivity index (χ2v) is 14.0. The first-order valence-corrected chi connectivity index (χ1v) is 14.9. The summed E-state index contributed by atoms with van der Waals surface area (Å²) in [5.41, 5.74) is 0.771. The van der Waals surface area contributed by atoms with Gasteiger partial charge in [-0.25, -0.2) is 0 Å². The molecule has 1 amide bonds. The summed E-state index contributed by atoms with van der Waals surface area (Å²) in [6.07, 6.45) is 12.1. The molecule has 6 nitrogen and oxygen atoms in total. The Bertz CT molecular complexity index is 831. The highest BCUT2D eigenvalue weighted by molar-refractivity contribution is 7.85. The molecule has 4 saturated carbocycles. The summed E-state index contributed by atoms with van der Waals surface area (Å²) in [7, 11) is -4.04. The Kier molecular flexibility index (Phi) is 7.26. The number of rotatable bonds is 7. The van der Waals surface area contributed by atoms with Crippen molar-refractivity contribution in [1.29, 1.82) is 0 Å². The number of fused-ring (bicyclic) bond motifs is 5. The molecule has 0 aromatic carbocycles. The van der Waals surface area contributed by atoms with Crippen molar-refractivity contribution in [3.05, 3.63) is 0 Å². The Balaban J connectivity index is 1.35. The van der Waals surface area contributed by atoms with Crippen LogP contribution < -0.4 is 5.32 Å². The van der Waals surface area contributed by atoms with Gasteiger partial charge in [-0.15, -0.1) is 0 Å². The molecule has 0 radical (unpaired) electrons. The minimum atomic E-state index is -4.04. The molecule has 4 aliphatic rings. The maximum absolute atomic E-state index is 12.2. The van der Waals surface area contributed by atoms with Crippen molar-refractivity contribution in [3.8, 4) is 0 Å². The van der Waals surface area contributed by atoms with Gasteiger partial charge in [0.1, 0.15) is 0 Å². The maximum Gasteiger partial charge on any atom is 0.266 e. The molecule has 190 valence electrons. The van der Waals surface area contributed by atoms with Crippen LogP contribution in [0.2, 0.25) is 0 Å². The first kappa shape index (κ1) is 25.4. The van der Waals surface area contributed by atoms with Crippen LogP contribution in [-0.2, 0) is 14.9 Å². The lowest BCUT2D eigenvalue weighted by molar-refractivity contribution is -0.129. The van der Waals surface area contributed by atoms with Crippen molar-refractivity contribution >= 4 is 16.0 Å². The van der Waals surface area contributed by atoms with Gasteiger partial charge in [0, 0.05) is 13.0 Å². The van der Waals surface area contributed by atoms with E-state index in [1.807, 2.05) is 0 Å². The lowest BCUT2D eigenvalue weighted by atomic mass is 9.44. The molecule has 0 saturated heterocycles. The normalized spacial score (nSPS) is 43.8. The van der Waals surface area contributed by atoms with Gasteiger partial charge in [-0.3, -0.25) is 9.35 Å². The first-order valence-electron chi connectivity index (χ1n) is 13.3. The predicted molar refractivity (Wildman–Crippen MR) is 129 cm³/mol. The summed E-state index contributed by atoms with van der Waals surface area (Å²) in [5, 5.41) is 12.9. The lowest BCUT2D eigenvalue weighted by Crippen LogP contribution is -2.54. The zero-order valence-corrected chi connectivity index (χ0v) is 21.6. The third-order valence-corrected chi connectivity index (χ3v) is 11.6. The molecule has 0 heterocycles. The lowest BCUT2D eigenvalue weighted by Gasteiger charge is -2.61. The van der Waals surface area contributed by atoms with Crippen molar-refractivity contribution < 1.29 is 22.9 Å². The van der Waals surface area contributed by atoms with Gasteiger partial charge in [-0.2, -0.15) is 8.42 Å². The average molecular weight is 484 g/mol. The first-order chi connectivity index (χ1) is 15.4. The third-order valence-electron chi connectivity index (χ3n) is 10.9. The molecule has 0 aliphatic heterocycles. The molecule has 0 unspecified atom stereocenters. The Morgan fingerprint density at radius 1 is 1.03 bits per heavy atom. The SMILES string of the molecule is C[C@H](CCC(=O)NCCS(=O)(=O)O)[C@H]1CC[C@H]2[C@H]3CC[C@@H]4C[C@H](O)CC[C@]4(C)[C@H]3CC[C@]12C. The van der Waals surface area contributed by atoms with Crippen molar-refractivity contribution in [1.82, 2.24) is 5.32 Å². The van der Waals surface area contributed by atoms with Crippen LogP contribution in [0.25, 0.3) is 0 Å². The number of aliphatic hydroxyl groups is 1. The standard InChI is InChI=1S/C26H45NO5S/c1-17(4-9-24(29)27-14-15-33(30,31)32)21-7-8-22-20-6-5-18-16-19(28)10-12-25(18,2)23(20)11-13-26(21,22)3/h17-23,28H,4-16H2,1-3H3,(H,27,29)(H,30,31,32)/t17-,18-,19-,20-,21-,22+,23+,25+,26-/m1/s1. The molecule has 33 heavy (non-hydrogen) atoms. The molecule has 0 aromatic heterocycles. The van der Waals surface area contributed by atoms with Gasteiger partial charge in [0.15, 0.2) is 0 Å². The van der Waals surface area contributed by atoms with Crippen LogP contribution >= 0.6 is 0 Å². The van der Waals surface area contributed by atoms with E-state index < -0.39 is 15.9 Å². The van der Waals surface area contributed by atoms with Crippen LogP contribution in [0, 0.1) is 46.3 Å². The Morgan fingerprint density at radius 3 is 2.45 bits per heavy atom. The number of aliphatic hydroxyl groups excluding tert-OH is 1. The smallest absolute Gasteiger partial charge is 0.266 e. The van der Waals surface area contributed by atoms with E-state index in [-0.39, 0.29) is 18.6 Å². The predicted octanol–water partition coefficient (Wildman–Crippen LogP) is 4.43. The van der Waals surface area contributed by atoms with Crippen LogP contribution in [-0.4, -0.2) is 42.4 Å². The molecular weight excluding hydrogens is 438 g/mol. The van der Waals surface area contributed by atoms with Gasteiger partial charge in [-0.1, -0.05) is 20.8 Å². The van der Waals surface area contributed by atoms with Crippen LogP contribution in [0.1, 0.15) is 91.4 Å². The van der Waals surface area contributed by atoms with Gasteiger partial charge in [-0.05, 0) is 111 Å². The van der Waals surface area contributed by atoms with Crippen LogP contribution in [0.5, 0.6) is 0 Å². The summed E-state index contributed by atoms with van der Waals surface area (Å²) in [4.78, 5) is 12.2. The fraction of sp³-hybridized carbons (Fsp3) is 0.962. The van der Waals surface area contributed by atoms with Gasteiger partial charge in [0.25, 0.3) is 10.1 Å². The van der Waals surface area contributed by atoms with E-state index >= 15 is 0 Å². The molecule has 0 bridgehead atoms. The van der Waals surface area contributed by atoms with Gasteiger partial charge in [0.05, 0.1) is 11.9 Å². The minimum Gasteiger partial charge on any atom is -0.393 e. The number of carbonyl (C=O) groups excluding carboxylic acids is 1. The zero-order valence-electron chi connectivity index (χ0n) is 20.8. The maximum atomic E-state index is 12.2. The minimum absolute atomic E-state index is 0.0326. The monoisotopic (exact) mass is 483 g/mol. The largest absolute Gasteiger partial charge is 0.393 e. The number of carbonyl (C=O) groups is 1. The molecule has 4 fully saturated rings. The van der Waals surface area contributed by atoms with E-state index in [9.17, 15) is 18.3 Å². The van der Waals surface area contributed by atoms with E-state index in [4.69, 9.17) is 4.55 Å². The van der Waals surface area contributed by atoms with Gasteiger partial charge >= 0.3 is 0 Å². The molecule has 0 aromatic rings. The number of nitrogens with one attached hydrogen (secondary N) is 1. The molecule has 3 N–H and O–H groups in total. The zero-order chi connectivity index (χ0) is 24.0. The summed E-state index contributed by atoms with van der Waals surface area (Å²) in [6, 6.07) is 0. The quantitative estimate of drug-likeness (QED) is 0.465. The Morgan fingerprint density at radius 2 is 1.73 bits per heavy atom. The number of amides is 1. The Labute approximate surface area is 200 Å². The average Bonchev–Trinajstić information content (AvgIpc) is 3.09. The summed E-state index contributed by atoms with van der Waals surface area (Å²) in [6.45, 7) is 7.34. The van der Waals surface area contributed by atoms with E-state index in [0.29, 0.717) is 35.0 Å². The molecular formula is C26H45NO5S. The highest BCUT2D eigenvalue weighted by atomic mass is 32.2. The fourth-order valence-electron chi connectivity index (χ4n) is 9.18. The van der Waals surface area contributed by atoms with Crippen LogP contribution in [0.4, 0.5) is 0 Å². The molecule has 9 atom stereocenters. The molecule has 0 spiro atoms. The van der Waals surface area contributed by atoms with Crippen molar-refractivity contribution in [2.24, 2.45) is 46.3 Å². The summed E-state index contributed by atoms with van der Waals surface area (Å²) >= 11 is 0. The van der Waals surface area contributed by atoms with Crippen molar-refractivity contribution in [3.63, 3.8) is 0 Å².